The van der Waals surface area contributed by atoms with Gasteiger partial charge in [-0.05, 0) is 57.0 Å². The summed E-state index contributed by atoms with van der Waals surface area (Å²) < 4.78 is 3.32. The number of nitrogens with one attached hydrogen (secondary N) is 1. The van der Waals surface area contributed by atoms with Crippen molar-refractivity contribution in [1.82, 2.24) is 14.1 Å². The van der Waals surface area contributed by atoms with Gasteiger partial charge in [-0.3, -0.25) is 19.1 Å². The summed E-state index contributed by atoms with van der Waals surface area (Å²) in [5, 5.41) is 0.265. The van der Waals surface area contributed by atoms with Crippen LogP contribution >= 0.6 is 11.6 Å². The van der Waals surface area contributed by atoms with Gasteiger partial charge in [-0.1, -0.05) is 31.9 Å². The zero-order valence-corrected chi connectivity index (χ0v) is 20.2. The van der Waals surface area contributed by atoms with Crippen LogP contribution in [0, 0.1) is 13.8 Å². The molecule has 2 heterocycles. The van der Waals surface area contributed by atoms with Gasteiger partial charge in [0.2, 0.25) is 0 Å². The Morgan fingerprint density at radius 3 is 2.36 bits per heavy atom. The van der Waals surface area contributed by atoms with Gasteiger partial charge in [0, 0.05) is 30.2 Å². The van der Waals surface area contributed by atoms with Crippen molar-refractivity contribution in [3.8, 4) is 5.69 Å². The first-order valence-electron chi connectivity index (χ1n) is 11.1. The lowest BCUT2D eigenvalue weighted by molar-refractivity contribution is 0.0986. The van der Waals surface area contributed by atoms with Crippen molar-refractivity contribution >= 4 is 29.0 Å². The molecule has 0 radical (unpaired) electrons. The van der Waals surface area contributed by atoms with Gasteiger partial charge in [0.25, 0.3) is 11.5 Å². The van der Waals surface area contributed by atoms with Crippen LogP contribution in [0.2, 0.25) is 5.02 Å². The molecule has 2 aromatic heterocycles. The predicted molar refractivity (Wildman–Crippen MR) is 133 cm³/mol. The molecule has 0 fully saturated rings. The topological polar surface area (TPSA) is 106 Å². The lowest BCUT2D eigenvalue weighted by Crippen LogP contribution is -2.41. The van der Waals surface area contributed by atoms with Crippen molar-refractivity contribution in [3.05, 3.63) is 73.1 Å². The monoisotopic (exact) mass is 471 g/mol. The number of nitrogens with zero attached hydrogens (tertiary/aromatic N) is 3. The molecule has 0 aliphatic rings. The second-order valence-corrected chi connectivity index (χ2v) is 8.48. The highest BCUT2D eigenvalue weighted by Gasteiger charge is 2.26. The molecule has 9 heteroatoms. The minimum Gasteiger partial charge on any atom is -0.383 e. The van der Waals surface area contributed by atoms with E-state index in [-0.39, 0.29) is 28.6 Å². The van der Waals surface area contributed by atoms with Crippen LogP contribution in [-0.4, -0.2) is 26.6 Å². The van der Waals surface area contributed by atoms with E-state index in [1.807, 2.05) is 50.5 Å². The molecule has 8 nitrogen and oxygen atoms in total. The SMILES string of the molecule is CCCCn1c(N)c(N(CCC)C(=O)c2cc(-n3c(C)ccc3C)ccc2Cl)c(=O)[nH]c1=O. The molecule has 176 valence electrons. The van der Waals surface area contributed by atoms with E-state index in [1.54, 1.807) is 12.1 Å². The highest BCUT2D eigenvalue weighted by Crippen LogP contribution is 2.27. The quantitative estimate of drug-likeness (QED) is 0.517. The van der Waals surface area contributed by atoms with Crippen molar-refractivity contribution < 1.29 is 4.79 Å². The Hall–Kier alpha value is -3.26. The van der Waals surface area contributed by atoms with E-state index < -0.39 is 17.2 Å². The van der Waals surface area contributed by atoms with Crippen molar-refractivity contribution in [2.75, 3.05) is 17.2 Å². The number of benzene rings is 1. The van der Waals surface area contributed by atoms with Crippen molar-refractivity contribution in [1.29, 1.82) is 0 Å². The first-order valence-corrected chi connectivity index (χ1v) is 11.5. The number of H-pyrrole nitrogens is 1. The Morgan fingerprint density at radius 2 is 1.76 bits per heavy atom. The van der Waals surface area contributed by atoms with E-state index in [0.29, 0.717) is 19.4 Å². The summed E-state index contributed by atoms with van der Waals surface area (Å²) in [7, 11) is 0. The van der Waals surface area contributed by atoms with E-state index in [1.165, 1.54) is 9.47 Å². The molecule has 0 unspecified atom stereocenters. The lowest BCUT2D eigenvalue weighted by Gasteiger charge is -2.25. The second-order valence-electron chi connectivity index (χ2n) is 8.07. The molecule has 33 heavy (non-hydrogen) atoms. The van der Waals surface area contributed by atoms with E-state index >= 15 is 0 Å². The van der Waals surface area contributed by atoms with Gasteiger partial charge in [0.05, 0.1) is 10.6 Å². The van der Waals surface area contributed by atoms with Crippen LogP contribution in [-0.2, 0) is 6.54 Å². The average Bonchev–Trinajstić information content (AvgIpc) is 3.11. The number of aromatic nitrogens is 3. The number of halogens is 1. The molecule has 0 bridgehead atoms. The van der Waals surface area contributed by atoms with Crippen LogP contribution in [0.15, 0.2) is 39.9 Å². The fourth-order valence-corrected chi connectivity index (χ4v) is 4.15. The molecule has 0 saturated carbocycles. The van der Waals surface area contributed by atoms with Crippen molar-refractivity contribution in [2.45, 2.75) is 53.5 Å². The zero-order valence-electron chi connectivity index (χ0n) is 19.4. The molecule has 0 atom stereocenters. The van der Waals surface area contributed by atoms with Crippen molar-refractivity contribution in [2.24, 2.45) is 0 Å². The van der Waals surface area contributed by atoms with E-state index in [4.69, 9.17) is 17.3 Å². The summed E-state index contributed by atoms with van der Waals surface area (Å²) in [5.74, 6) is -0.479. The first kappa shape index (κ1) is 24.4. The first-order chi connectivity index (χ1) is 15.7. The Kier molecular flexibility index (Phi) is 7.48. The summed E-state index contributed by atoms with van der Waals surface area (Å²) in [4.78, 5) is 42.4. The van der Waals surface area contributed by atoms with E-state index in [2.05, 4.69) is 4.98 Å². The summed E-state index contributed by atoms with van der Waals surface area (Å²) in [6, 6.07) is 9.21. The normalized spacial score (nSPS) is 11.1. The van der Waals surface area contributed by atoms with Gasteiger partial charge < -0.3 is 15.2 Å². The molecular formula is C24H30ClN5O3. The van der Waals surface area contributed by atoms with Crippen LogP contribution in [0.3, 0.4) is 0 Å². The number of hydrogen-bond acceptors (Lipinski definition) is 4. The van der Waals surface area contributed by atoms with Crippen LogP contribution in [0.5, 0.6) is 0 Å². The van der Waals surface area contributed by atoms with Crippen molar-refractivity contribution in [3.63, 3.8) is 0 Å². The summed E-state index contributed by atoms with van der Waals surface area (Å²) in [6.07, 6.45) is 2.13. The van der Waals surface area contributed by atoms with Gasteiger partial charge >= 0.3 is 5.69 Å². The third-order valence-corrected chi connectivity index (χ3v) is 5.95. The number of anilines is 2. The molecule has 0 spiro atoms. The van der Waals surface area contributed by atoms with E-state index in [9.17, 15) is 14.4 Å². The van der Waals surface area contributed by atoms with Crippen LogP contribution < -0.4 is 21.9 Å². The van der Waals surface area contributed by atoms with Gasteiger partial charge in [-0.2, -0.15) is 0 Å². The standard InChI is InChI=1S/C24H30ClN5O3/c1-5-7-13-29-21(26)20(22(31)27-24(29)33)28(12-6-2)23(32)18-14-17(10-11-19(18)25)30-15(3)8-9-16(30)4/h8-11,14H,5-7,12-13,26H2,1-4H3,(H,27,31,33). The molecular weight excluding hydrogens is 442 g/mol. The number of aryl methyl sites for hydroxylation is 2. The highest BCUT2D eigenvalue weighted by molar-refractivity contribution is 6.34. The fourth-order valence-electron chi connectivity index (χ4n) is 3.95. The molecule has 0 aliphatic carbocycles. The average molecular weight is 472 g/mol. The number of nitrogens with two attached hydrogens (primary N) is 1. The predicted octanol–water partition coefficient (Wildman–Crippen LogP) is 4.04. The number of carbonyl (C=O) groups is 1. The molecule has 3 aromatic rings. The Morgan fingerprint density at radius 1 is 1.09 bits per heavy atom. The molecule has 1 amide bonds. The van der Waals surface area contributed by atoms with Gasteiger partial charge in [0.1, 0.15) is 5.82 Å². The number of carbonyl (C=O) groups excluding carboxylic acids is 1. The number of aromatic amines is 1. The van der Waals surface area contributed by atoms with Gasteiger partial charge in [-0.25, -0.2) is 4.79 Å². The molecule has 0 saturated heterocycles. The maximum absolute atomic E-state index is 13.7. The summed E-state index contributed by atoms with van der Waals surface area (Å²) in [6.45, 7) is 8.42. The van der Waals surface area contributed by atoms with Crippen LogP contribution in [0.25, 0.3) is 5.69 Å². The molecule has 1 aromatic carbocycles. The minimum absolute atomic E-state index is 0.0247. The smallest absolute Gasteiger partial charge is 0.330 e. The van der Waals surface area contributed by atoms with Crippen LogP contribution in [0.1, 0.15) is 54.9 Å². The maximum Gasteiger partial charge on any atom is 0.330 e. The Labute approximate surface area is 197 Å². The zero-order chi connectivity index (χ0) is 24.3. The fraction of sp³-hybridized carbons (Fsp3) is 0.375. The molecule has 3 N–H and O–H groups in total. The molecule has 0 aliphatic heterocycles. The lowest BCUT2D eigenvalue weighted by atomic mass is 10.1. The third-order valence-electron chi connectivity index (χ3n) is 5.62. The summed E-state index contributed by atoms with van der Waals surface area (Å²) in [5.41, 5.74) is 8.02. The number of rotatable bonds is 8. The van der Waals surface area contributed by atoms with Crippen LogP contribution in [0.4, 0.5) is 11.5 Å². The third kappa shape index (κ3) is 4.75. The van der Waals surface area contributed by atoms with Gasteiger partial charge in [0.15, 0.2) is 5.69 Å². The number of nitrogen functional groups attached to an aromatic ring is 1. The largest absolute Gasteiger partial charge is 0.383 e. The maximum atomic E-state index is 13.7. The van der Waals surface area contributed by atoms with E-state index in [0.717, 1.165) is 23.5 Å². The Balaban J connectivity index is 2.15. The molecule has 3 rings (SSSR count). The van der Waals surface area contributed by atoms with Gasteiger partial charge in [-0.15, -0.1) is 0 Å². The summed E-state index contributed by atoms with van der Waals surface area (Å²) >= 11 is 6.44. The second kappa shape index (κ2) is 10.1. The number of unbranched alkanes of at least 4 members (excludes halogenated alkanes) is 1. The Bertz CT molecular complexity index is 1270. The highest BCUT2D eigenvalue weighted by atomic mass is 35.5. The number of hydrogen-bond donors (Lipinski definition) is 2. The minimum atomic E-state index is -0.698. The number of amides is 1.